The smallest absolute Gasteiger partial charge is 0.102 e. The minimum Gasteiger partial charge on any atom is -0.279 e. The molecule has 0 amide bonds. The van der Waals surface area contributed by atoms with Gasteiger partial charge < -0.3 is 0 Å². The van der Waals surface area contributed by atoms with Crippen LogP contribution in [0.2, 0.25) is 0 Å². The van der Waals surface area contributed by atoms with Gasteiger partial charge in [0.15, 0.2) is 0 Å². The standard InChI is InChI=1S/C9H16IN3/c10-13-7-5-12(6-8-13)9-3-1-2-4-11-9/h4,9H,1-3,5-8H2. The van der Waals surface area contributed by atoms with Crippen LogP contribution in [-0.2, 0) is 0 Å². The third kappa shape index (κ3) is 2.63. The average molecular weight is 293 g/mol. The van der Waals surface area contributed by atoms with E-state index in [0.29, 0.717) is 6.17 Å². The first kappa shape index (κ1) is 9.86. The second kappa shape index (κ2) is 4.70. The molecular formula is C9H16IN3. The van der Waals surface area contributed by atoms with Gasteiger partial charge in [-0.15, -0.1) is 0 Å². The van der Waals surface area contributed by atoms with Crippen molar-refractivity contribution < 1.29 is 0 Å². The topological polar surface area (TPSA) is 18.8 Å². The molecule has 0 radical (unpaired) electrons. The molecule has 2 heterocycles. The Bertz CT molecular complexity index is 187. The molecule has 1 atom stereocenters. The Morgan fingerprint density at radius 2 is 2.00 bits per heavy atom. The van der Waals surface area contributed by atoms with Crippen LogP contribution >= 0.6 is 22.9 Å². The van der Waals surface area contributed by atoms with Gasteiger partial charge in [0.1, 0.15) is 6.17 Å². The van der Waals surface area contributed by atoms with Crippen LogP contribution in [0.5, 0.6) is 0 Å². The molecule has 74 valence electrons. The third-order valence-electron chi connectivity index (χ3n) is 2.75. The fraction of sp³-hybridized carbons (Fsp3) is 0.889. The van der Waals surface area contributed by atoms with Gasteiger partial charge in [-0.1, -0.05) is 0 Å². The molecule has 0 aromatic carbocycles. The van der Waals surface area contributed by atoms with Crippen LogP contribution in [0.4, 0.5) is 0 Å². The summed E-state index contributed by atoms with van der Waals surface area (Å²) in [5, 5.41) is 0. The van der Waals surface area contributed by atoms with Crippen LogP contribution in [0.25, 0.3) is 0 Å². The van der Waals surface area contributed by atoms with Gasteiger partial charge in [-0.2, -0.15) is 0 Å². The van der Waals surface area contributed by atoms with Gasteiger partial charge >= 0.3 is 0 Å². The van der Waals surface area contributed by atoms with Gasteiger partial charge in [0.05, 0.1) is 0 Å². The van der Waals surface area contributed by atoms with Crippen LogP contribution in [0.15, 0.2) is 4.99 Å². The normalized spacial score (nSPS) is 32.2. The largest absolute Gasteiger partial charge is 0.279 e. The van der Waals surface area contributed by atoms with Crippen LogP contribution < -0.4 is 0 Å². The molecule has 3 nitrogen and oxygen atoms in total. The van der Waals surface area contributed by atoms with Gasteiger partial charge in [-0.05, 0) is 19.3 Å². The van der Waals surface area contributed by atoms with E-state index >= 15 is 0 Å². The van der Waals surface area contributed by atoms with Gasteiger partial charge in [0.2, 0.25) is 0 Å². The molecule has 1 fully saturated rings. The maximum absolute atomic E-state index is 4.56. The Hall–Kier alpha value is 0.320. The molecule has 1 unspecified atom stereocenters. The van der Waals surface area contributed by atoms with Gasteiger partial charge in [0, 0.05) is 55.3 Å². The highest BCUT2D eigenvalue weighted by Crippen LogP contribution is 2.17. The summed E-state index contributed by atoms with van der Waals surface area (Å²) in [6.45, 7) is 4.75. The number of aliphatic imine (C=N–C) groups is 1. The van der Waals surface area contributed by atoms with Crippen molar-refractivity contribution in [2.45, 2.75) is 25.4 Å². The van der Waals surface area contributed by atoms with Crippen molar-refractivity contribution in [1.82, 2.24) is 8.01 Å². The summed E-state index contributed by atoms with van der Waals surface area (Å²) >= 11 is 2.41. The van der Waals surface area contributed by atoms with Crippen LogP contribution in [-0.4, -0.2) is 46.6 Å². The van der Waals surface area contributed by atoms with Crippen molar-refractivity contribution in [3.63, 3.8) is 0 Å². The monoisotopic (exact) mass is 293 g/mol. The predicted molar refractivity (Wildman–Crippen MR) is 63.3 cm³/mol. The minimum absolute atomic E-state index is 0.499. The van der Waals surface area contributed by atoms with Crippen molar-refractivity contribution in [1.29, 1.82) is 0 Å². The maximum atomic E-state index is 4.56. The van der Waals surface area contributed by atoms with Crippen LogP contribution in [0.3, 0.4) is 0 Å². The second-order valence-corrected chi connectivity index (χ2v) is 5.05. The second-order valence-electron chi connectivity index (χ2n) is 3.69. The maximum Gasteiger partial charge on any atom is 0.102 e. The zero-order valence-corrected chi connectivity index (χ0v) is 9.98. The minimum atomic E-state index is 0.499. The lowest BCUT2D eigenvalue weighted by Crippen LogP contribution is -2.47. The first-order valence-electron chi connectivity index (χ1n) is 5.03. The van der Waals surface area contributed by atoms with E-state index in [1.807, 2.05) is 0 Å². The van der Waals surface area contributed by atoms with Crippen LogP contribution in [0.1, 0.15) is 19.3 Å². The molecule has 2 aliphatic rings. The van der Waals surface area contributed by atoms with E-state index in [1.54, 1.807) is 0 Å². The average Bonchev–Trinajstić information content (AvgIpc) is 2.20. The summed E-state index contributed by atoms with van der Waals surface area (Å²) in [4.78, 5) is 7.08. The predicted octanol–water partition coefficient (Wildman–Crippen LogP) is 1.53. The fourth-order valence-electron chi connectivity index (χ4n) is 1.93. The number of hydrogen-bond acceptors (Lipinski definition) is 3. The Morgan fingerprint density at radius 3 is 2.62 bits per heavy atom. The molecule has 0 spiro atoms. The third-order valence-corrected chi connectivity index (χ3v) is 3.72. The molecule has 0 N–H and O–H groups in total. The Labute approximate surface area is 93.7 Å². The Balaban J connectivity index is 1.86. The number of hydrogen-bond donors (Lipinski definition) is 0. The summed E-state index contributed by atoms with van der Waals surface area (Å²) in [6, 6.07) is 0. The molecule has 0 saturated carbocycles. The van der Waals surface area contributed by atoms with E-state index in [2.05, 4.69) is 42.1 Å². The SMILES string of the molecule is IN1CCN(C2CCCC=N2)CC1. The molecule has 4 heteroatoms. The number of rotatable bonds is 1. The van der Waals surface area contributed by atoms with Gasteiger partial charge in [-0.3, -0.25) is 9.89 Å². The van der Waals surface area contributed by atoms with E-state index in [9.17, 15) is 0 Å². The lowest BCUT2D eigenvalue weighted by molar-refractivity contribution is 0.142. The molecule has 0 aromatic heterocycles. The molecule has 0 aliphatic carbocycles. The first-order valence-corrected chi connectivity index (χ1v) is 5.99. The van der Waals surface area contributed by atoms with Crippen molar-refractivity contribution in [2.24, 2.45) is 4.99 Å². The summed E-state index contributed by atoms with van der Waals surface area (Å²) in [5.74, 6) is 0. The van der Waals surface area contributed by atoms with Gasteiger partial charge in [-0.25, -0.2) is 3.11 Å². The molecule has 1 saturated heterocycles. The van der Waals surface area contributed by atoms with Crippen molar-refractivity contribution in [3.05, 3.63) is 0 Å². The zero-order chi connectivity index (χ0) is 9.10. The van der Waals surface area contributed by atoms with E-state index in [1.165, 1.54) is 45.4 Å². The number of piperazine rings is 1. The quantitative estimate of drug-likeness (QED) is 0.539. The number of nitrogens with zero attached hydrogens (tertiary/aromatic N) is 3. The zero-order valence-electron chi connectivity index (χ0n) is 7.82. The highest BCUT2D eigenvalue weighted by Gasteiger charge is 2.22. The molecular weight excluding hydrogens is 277 g/mol. The highest BCUT2D eigenvalue weighted by molar-refractivity contribution is 14.1. The molecule has 0 bridgehead atoms. The molecule has 2 rings (SSSR count). The van der Waals surface area contributed by atoms with E-state index in [4.69, 9.17) is 0 Å². The first-order chi connectivity index (χ1) is 6.36. The van der Waals surface area contributed by atoms with Crippen molar-refractivity contribution >= 4 is 29.1 Å². The van der Waals surface area contributed by atoms with Crippen LogP contribution in [0, 0.1) is 0 Å². The van der Waals surface area contributed by atoms with Crippen molar-refractivity contribution in [3.8, 4) is 0 Å². The van der Waals surface area contributed by atoms with E-state index in [0.717, 1.165) is 0 Å². The lowest BCUT2D eigenvalue weighted by atomic mass is 10.1. The fourth-order valence-corrected chi connectivity index (χ4v) is 2.37. The Morgan fingerprint density at radius 1 is 1.23 bits per heavy atom. The summed E-state index contributed by atoms with van der Waals surface area (Å²) in [7, 11) is 0. The van der Waals surface area contributed by atoms with Gasteiger partial charge in [0.25, 0.3) is 0 Å². The van der Waals surface area contributed by atoms with E-state index < -0.39 is 0 Å². The highest BCUT2D eigenvalue weighted by atomic mass is 127. The number of halogens is 1. The van der Waals surface area contributed by atoms with E-state index in [-0.39, 0.29) is 0 Å². The summed E-state index contributed by atoms with van der Waals surface area (Å²) in [6.07, 6.45) is 6.36. The molecule has 13 heavy (non-hydrogen) atoms. The molecule has 2 aliphatic heterocycles. The summed E-state index contributed by atoms with van der Waals surface area (Å²) in [5.41, 5.74) is 0. The lowest BCUT2D eigenvalue weighted by Gasteiger charge is -2.36. The molecule has 0 aromatic rings. The summed E-state index contributed by atoms with van der Waals surface area (Å²) < 4.78 is 2.36. The van der Waals surface area contributed by atoms with Crippen molar-refractivity contribution in [2.75, 3.05) is 26.2 Å². The Kier molecular flexibility index (Phi) is 3.57.